The fourth-order valence-corrected chi connectivity index (χ4v) is 4.12. The summed E-state index contributed by atoms with van der Waals surface area (Å²) >= 11 is 0. The first-order valence-electron chi connectivity index (χ1n) is 9.36. The van der Waals surface area contributed by atoms with E-state index in [0.717, 1.165) is 38.8 Å². The van der Waals surface area contributed by atoms with Crippen molar-refractivity contribution in [3.63, 3.8) is 0 Å². The third kappa shape index (κ3) is 2.95. The maximum atomic E-state index is 15.1. The largest absolute Gasteiger partial charge is 0.492 e. The van der Waals surface area contributed by atoms with Crippen molar-refractivity contribution in [2.45, 2.75) is 38.6 Å². The molecule has 144 valence electrons. The summed E-state index contributed by atoms with van der Waals surface area (Å²) in [6.07, 6.45) is 5.24. The molecule has 2 fully saturated rings. The molecule has 2 aliphatic rings. The van der Waals surface area contributed by atoms with Gasteiger partial charge in [0.05, 0.1) is 18.0 Å². The van der Waals surface area contributed by atoms with E-state index in [4.69, 9.17) is 4.74 Å². The van der Waals surface area contributed by atoms with Crippen LogP contribution in [0, 0.1) is 11.7 Å². The quantitative estimate of drug-likeness (QED) is 0.888. The number of hydrogen-bond donors (Lipinski definition) is 1. The van der Waals surface area contributed by atoms with Crippen molar-refractivity contribution in [3.05, 3.63) is 33.9 Å². The molecule has 0 spiro atoms. The Balaban J connectivity index is 2.03. The second-order valence-corrected chi connectivity index (χ2v) is 7.65. The molecule has 2 aromatic rings. The van der Waals surface area contributed by atoms with Gasteiger partial charge in [-0.15, -0.1) is 0 Å². The molecule has 1 unspecified atom stereocenters. The summed E-state index contributed by atoms with van der Waals surface area (Å²) in [7, 11) is 1.47. The maximum Gasteiger partial charge on any atom is 0.341 e. The normalized spacial score (nSPS) is 20.1. The second-order valence-electron chi connectivity index (χ2n) is 7.65. The summed E-state index contributed by atoms with van der Waals surface area (Å²) in [6, 6.07) is 1.29. The molecule has 1 aromatic carbocycles. The Kier molecular flexibility index (Phi) is 4.32. The van der Waals surface area contributed by atoms with Crippen molar-refractivity contribution in [1.29, 1.82) is 0 Å². The van der Waals surface area contributed by atoms with Crippen LogP contribution in [0.4, 0.5) is 10.1 Å². The van der Waals surface area contributed by atoms with Crippen LogP contribution in [-0.4, -0.2) is 35.8 Å². The van der Waals surface area contributed by atoms with E-state index in [1.807, 2.05) is 4.90 Å². The zero-order valence-corrected chi connectivity index (χ0v) is 15.5. The second kappa shape index (κ2) is 6.55. The zero-order chi connectivity index (χ0) is 19.3. The van der Waals surface area contributed by atoms with Crippen LogP contribution in [0.15, 0.2) is 17.1 Å². The maximum absolute atomic E-state index is 15.1. The topological polar surface area (TPSA) is 71.8 Å². The molecule has 0 radical (unpaired) electrons. The number of rotatable bonds is 4. The van der Waals surface area contributed by atoms with Gasteiger partial charge in [0, 0.05) is 25.3 Å². The third-order valence-corrected chi connectivity index (χ3v) is 5.55. The van der Waals surface area contributed by atoms with Crippen molar-refractivity contribution in [2.24, 2.45) is 5.92 Å². The van der Waals surface area contributed by atoms with Crippen LogP contribution in [0.2, 0.25) is 0 Å². The Morgan fingerprint density at radius 1 is 1.33 bits per heavy atom. The van der Waals surface area contributed by atoms with Gasteiger partial charge in [-0.3, -0.25) is 4.79 Å². The molecule has 0 bridgehead atoms. The molecule has 7 heteroatoms. The van der Waals surface area contributed by atoms with E-state index < -0.39 is 17.2 Å². The van der Waals surface area contributed by atoms with Gasteiger partial charge in [-0.2, -0.15) is 0 Å². The highest BCUT2D eigenvalue weighted by Gasteiger charge is 2.32. The minimum absolute atomic E-state index is 0.0601. The fraction of sp³-hybridized carbons (Fsp3) is 0.500. The first kappa shape index (κ1) is 17.8. The van der Waals surface area contributed by atoms with Gasteiger partial charge in [0.1, 0.15) is 11.3 Å². The summed E-state index contributed by atoms with van der Waals surface area (Å²) in [4.78, 5) is 26.2. The van der Waals surface area contributed by atoms with Crippen LogP contribution >= 0.6 is 0 Å². The number of ether oxygens (including phenoxy) is 1. The Morgan fingerprint density at radius 3 is 2.67 bits per heavy atom. The molecule has 4 rings (SSSR count). The van der Waals surface area contributed by atoms with Crippen molar-refractivity contribution < 1.29 is 19.0 Å². The molecule has 1 aliphatic heterocycles. The first-order valence-corrected chi connectivity index (χ1v) is 9.36. The van der Waals surface area contributed by atoms with Crippen LogP contribution in [0.1, 0.15) is 49.0 Å². The van der Waals surface area contributed by atoms with E-state index in [-0.39, 0.29) is 17.0 Å². The number of aromatic carboxylic acids is 1. The standard InChI is InChI=1S/C20H23FN2O4/c1-11-4-3-7-22(9-11)17-15(21)8-13-16(19(17)27-2)23(12-5-6-12)10-14(18(13)24)20(25)26/h8,10-12H,3-7,9H2,1-2H3,(H,25,26). The lowest BCUT2D eigenvalue weighted by Gasteiger charge is -2.34. The smallest absolute Gasteiger partial charge is 0.341 e. The number of nitrogens with zero attached hydrogens (tertiary/aromatic N) is 2. The summed E-state index contributed by atoms with van der Waals surface area (Å²) in [5, 5.41) is 9.45. The minimum Gasteiger partial charge on any atom is -0.492 e. The number of methoxy groups -OCH3 is 1. The number of pyridine rings is 1. The van der Waals surface area contributed by atoms with E-state index in [0.29, 0.717) is 22.9 Å². The highest BCUT2D eigenvalue weighted by molar-refractivity contribution is 5.97. The average molecular weight is 374 g/mol. The SMILES string of the molecule is COc1c(N2CCCC(C)C2)c(F)cc2c(=O)c(C(=O)O)cn(C3CC3)c12. The molecular formula is C20H23FN2O4. The van der Waals surface area contributed by atoms with Crippen molar-refractivity contribution in [3.8, 4) is 5.75 Å². The number of carboxylic acid groups (broad SMARTS) is 1. The van der Waals surface area contributed by atoms with Crippen molar-refractivity contribution in [1.82, 2.24) is 4.57 Å². The highest BCUT2D eigenvalue weighted by Crippen LogP contribution is 2.44. The van der Waals surface area contributed by atoms with Crippen LogP contribution in [-0.2, 0) is 0 Å². The number of halogens is 1. The average Bonchev–Trinajstić information content (AvgIpc) is 3.46. The number of fused-ring (bicyclic) bond motifs is 1. The fourth-order valence-electron chi connectivity index (χ4n) is 4.12. The monoisotopic (exact) mass is 374 g/mol. The van der Waals surface area contributed by atoms with E-state index in [9.17, 15) is 14.7 Å². The Morgan fingerprint density at radius 2 is 2.07 bits per heavy atom. The number of piperidine rings is 1. The molecule has 1 saturated carbocycles. The minimum atomic E-state index is -1.30. The van der Waals surface area contributed by atoms with Gasteiger partial charge in [0.15, 0.2) is 11.6 Å². The number of carboxylic acids is 1. The Bertz CT molecular complexity index is 980. The van der Waals surface area contributed by atoms with Gasteiger partial charge in [-0.05, 0) is 37.7 Å². The van der Waals surface area contributed by atoms with Crippen molar-refractivity contribution in [2.75, 3.05) is 25.1 Å². The van der Waals surface area contributed by atoms with Gasteiger partial charge in [-0.25, -0.2) is 9.18 Å². The van der Waals surface area contributed by atoms with Gasteiger partial charge >= 0.3 is 5.97 Å². The summed E-state index contributed by atoms with van der Waals surface area (Å²) in [5.74, 6) is -1.08. The molecule has 1 aliphatic carbocycles. The van der Waals surface area contributed by atoms with Gasteiger partial charge in [0.2, 0.25) is 5.43 Å². The summed E-state index contributed by atoms with van der Waals surface area (Å²) < 4.78 is 22.5. The van der Waals surface area contributed by atoms with E-state index >= 15 is 4.39 Å². The van der Waals surface area contributed by atoms with Gasteiger partial charge < -0.3 is 19.3 Å². The molecular weight excluding hydrogens is 351 g/mol. The number of benzene rings is 1. The predicted octanol–water partition coefficient (Wildman–Crippen LogP) is 3.42. The first-order chi connectivity index (χ1) is 12.9. The number of carbonyl (C=O) groups is 1. The van der Waals surface area contributed by atoms with Gasteiger partial charge in [0.25, 0.3) is 0 Å². The molecule has 27 heavy (non-hydrogen) atoms. The molecule has 1 atom stereocenters. The number of aromatic nitrogens is 1. The lowest BCUT2D eigenvalue weighted by Crippen LogP contribution is -2.35. The molecule has 6 nitrogen and oxygen atoms in total. The lowest BCUT2D eigenvalue weighted by molar-refractivity contribution is 0.0695. The van der Waals surface area contributed by atoms with E-state index in [1.165, 1.54) is 19.4 Å². The van der Waals surface area contributed by atoms with E-state index in [1.54, 1.807) is 4.57 Å². The molecule has 0 amide bonds. The summed E-state index contributed by atoms with van der Waals surface area (Å²) in [5.41, 5.74) is -0.154. The predicted molar refractivity (Wildman–Crippen MR) is 101 cm³/mol. The molecule has 1 N–H and O–H groups in total. The number of anilines is 1. The van der Waals surface area contributed by atoms with Crippen LogP contribution in [0.25, 0.3) is 10.9 Å². The zero-order valence-electron chi connectivity index (χ0n) is 15.5. The molecule has 1 saturated heterocycles. The third-order valence-electron chi connectivity index (χ3n) is 5.55. The van der Waals surface area contributed by atoms with Crippen LogP contribution < -0.4 is 15.1 Å². The van der Waals surface area contributed by atoms with Crippen LogP contribution in [0.5, 0.6) is 5.75 Å². The Hall–Kier alpha value is -2.57. The van der Waals surface area contributed by atoms with Crippen molar-refractivity contribution >= 4 is 22.6 Å². The molecule has 1 aromatic heterocycles. The van der Waals surface area contributed by atoms with Crippen LogP contribution in [0.3, 0.4) is 0 Å². The molecule has 2 heterocycles. The number of hydrogen-bond acceptors (Lipinski definition) is 4. The van der Waals surface area contributed by atoms with E-state index in [2.05, 4.69) is 6.92 Å². The highest BCUT2D eigenvalue weighted by atomic mass is 19.1. The lowest BCUT2D eigenvalue weighted by atomic mass is 9.99. The Labute approximate surface area is 156 Å². The van der Waals surface area contributed by atoms with Gasteiger partial charge in [-0.1, -0.05) is 6.92 Å². The summed E-state index contributed by atoms with van der Waals surface area (Å²) in [6.45, 7) is 3.58.